The number of rotatable bonds is 5. The number of benzene rings is 1. The number of ether oxygens (including phenoxy) is 1. The van der Waals surface area contributed by atoms with Crippen LogP contribution in [0.5, 0.6) is 0 Å². The third-order valence-corrected chi connectivity index (χ3v) is 4.64. The zero-order valence-electron chi connectivity index (χ0n) is 13.1. The monoisotopic (exact) mass is 301 g/mol. The topological polar surface area (TPSA) is 55.4 Å². The van der Waals surface area contributed by atoms with Crippen LogP contribution in [0.15, 0.2) is 18.2 Å². The number of hydrogen-bond donors (Lipinski definition) is 1. The Bertz CT molecular complexity index is 578. The number of carbonyl (C=O) groups excluding carboxylic acids is 2. The van der Waals surface area contributed by atoms with Crippen molar-refractivity contribution in [3.63, 3.8) is 0 Å². The summed E-state index contributed by atoms with van der Waals surface area (Å²) in [5.74, 6) is -0.0337. The summed E-state index contributed by atoms with van der Waals surface area (Å²) in [6, 6.07) is 5.91. The second-order valence-corrected chi connectivity index (χ2v) is 6.46. The van der Waals surface area contributed by atoms with Crippen LogP contribution >= 0.6 is 0 Å². The normalized spacial score (nSPS) is 18.2. The first-order valence-electron chi connectivity index (χ1n) is 8.22. The molecule has 1 saturated carbocycles. The first-order valence-corrected chi connectivity index (χ1v) is 8.22. The Kier molecular flexibility index (Phi) is 4.46. The Morgan fingerprint density at radius 1 is 1.23 bits per heavy atom. The maximum atomic E-state index is 12.1. The van der Waals surface area contributed by atoms with E-state index in [2.05, 4.69) is 5.32 Å². The molecule has 2 aliphatic rings. The van der Waals surface area contributed by atoms with Crippen LogP contribution in [0.3, 0.4) is 0 Å². The Hall–Kier alpha value is -1.84. The lowest BCUT2D eigenvalue weighted by atomic mass is 9.90. The van der Waals surface area contributed by atoms with Gasteiger partial charge in [0.2, 0.25) is 0 Å². The third-order valence-electron chi connectivity index (χ3n) is 4.64. The summed E-state index contributed by atoms with van der Waals surface area (Å²) < 4.78 is 5.13. The van der Waals surface area contributed by atoms with Crippen LogP contribution in [0.4, 0.5) is 0 Å². The molecule has 4 nitrogen and oxygen atoms in total. The molecular weight excluding hydrogens is 278 g/mol. The molecule has 2 aliphatic carbocycles. The Morgan fingerprint density at radius 3 is 2.68 bits per heavy atom. The van der Waals surface area contributed by atoms with E-state index in [0.717, 1.165) is 12.8 Å². The minimum absolute atomic E-state index is 0.176. The molecule has 3 rings (SSSR count). The van der Waals surface area contributed by atoms with Crippen LogP contribution in [-0.2, 0) is 22.4 Å². The number of nitrogens with one attached hydrogen (secondary N) is 1. The first-order chi connectivity index (χ1) is 10.6. The van der Waals surface area contributed by atoms with Gasteiger partial charge in [0.1, 0.15) is 0 Å². The van der Waals surface area contributed by atoms with E-state index in [4.69, 9.17) is 4.74 Å². The fourth-order valence-corrected chi connectivity index (χ4v) is 3.08. The number of fused-ring (bicyclic) bond motifs is 1. The van der Waals surface area contributed by atoms with Crippen molar-refractivity contribution < 1.29 is 14.3 Å². The Balaban J connectivity index is 1.52. The molecule has 1 N–H and O–H groups in total. The van der Waals surface area contributed by atoms with Crippen molar-refractivity contribution >= 4 is 11.9 Å². The van der Waals surface area contributed by atoms with E-state index in [-0.39, 0.29) is 18.6 Å². The van der Waals surface area contributed by atoms with Crippen molar-refractivity contribution in [1.82, 2.24) is 5.32 Å². The highest BCUT2D eigenvalue weighted by molar-refractivity contribution is 5.91. The van der Waals surface area contributed by atoms with E-state index in [0.29, 0.717) is 11.5 Å². The van der Waals surface area contributed by atoms with Crippen molar-refractivity contribution in [3.8, 4) is 0 Å². The van der Waals surface area contributed by atoms with Crippen molar-refractivity contribution in [2.24, 2.45) is 5.92 Å². The SMILES string of the molecule is C[C@H](NC(=O)COC(=O)c1ccc2c(c1)CCCC2)C1CC1. The second kappa shape index (κ2) is 6.51. The highest BCUT2D eigenvalue weighted by atomic mass is 16.5. The van der Waals surface area contributed by atoms with Crippen molar-refractivity contribution in [1.29, 1.82) is 0 Å². The zero-order valence-corrected chi connectivity index (χ0v) is 13.1. The van der Waals surface area contributed by atoms with Gasteiger partial charge in [-0.2, -0.15) is 0 Å². The minimum atomic E-state index is -0.414. The molecular formula is C18H23NO3. The highest BCUT2D eigenvalue weighted by Gasteiger charge is 2.29. The Morgan fingerprint density at radius 2 is 1.95 bits per heavy atom. The van der Waals surface area contributed by atoms with E-state index in [9.17, 15) is 9.59 Å². The van der Waals surface area contributed by atoms with Gasteiger partial charge in [-0.05, 0) is 74.6 Å². The molecule has 22 heavy (non-hydrogen) atoms. The quantitative estimate of drug-likeness (QED) is 0.851. The first kappa shape index (κ1) is 15.1. The van der Waals surface area contributed by atoms with Crippen LogP contribution in [0.1, 0.15) is 54.1 Å². The summed E-state index contributed by atoms with van der Waals surface area (Å²) in [7, 11) is 0. The van der Waals surface area contributed by atoms with Crippen LogP contribution in [0, 0.1) is 5.92 Å². The van der Waals surface area contributed by atoms with Gasteiger partial charge in [-0.25, -0.2) is 4.79 Å². The molecule has 1 aromatic carbocycles. The van der Waals surface area contributed by atoms with Gasteiger partial charge >= 0.3 is 5.97 Å². The third kappa shape index (κ3) is 3.67. The van der Waals surface area contributed by atoms with Crippen LogP contribution in [-0.4, -0.2) is 24.5 Å². The van der Waals surface area contributed by atoms with E-state index < -0.39 is 5.97 Å². The number of hydrogen-bond acceptors (Lipinski definition) is 3. The summed E-state index contributed by atoms with van der Waals surface area (Å²) in [6.45, 7) is 1.80. The average molecular weight is 301 g/mol. The molecule has 0 aliphatic heterocycles. The Labute approximate surface area is 131 Å². The molecule has 1 atom stereocenters. The summed E-state index contributed by atoms with van der Waals surface area (Å²) in [6.07, 6.45) is 6.86. The minimum Gasteiger partial charge on any atom is -0.452 e. The number of esters is 1. The van der Waals surface area contributed by atoms with Crippen LogP contribution < -0.4 is 5.32 Å². The van der Waals surface area contributed by atoms with Gasteiger partial charge in [-0.3, -0.25) is 4.79 Å². The average Bonchev–Trinajstić information content (AvgIpc) is 3.37. The van der Waals surface area contributed by atoms with Crippen LogP contribution in [0.2, 0.25) is 0 Å². The summed E-state index contributed by atoms with van der Waals surface area (Å²) in [5, 5.41) is 2.88. The fraction of sp³-hybridized carbons (Fsp3) is 0.556. The molecule has 0 heterocycles. The molecule has 1 amide bonds. The molecule has 1 fully saturated rings. The zero-order chi connectivity index (χ0) is 15.5. The molecule has 0 radical (unpaired) electrons. The van der Waals surface area contributed by atoms with Gasteiger partial charge in [0.05, 0.1) is 5.56 Å². The smallest absolute Gasteiger partial charge is 0.338 e. The van der Waals surface area contributed by atoms with E-state index >= 15 is 0 Å². The van der Waals surface area contributed by atoms with Gasteiger partial charge in [-0.15, -0.1) is 0 Å². The van der Waals surface area contributed by atoms with E-state index in [1.165, 1.54) is 36.8 Å². The molecule has 0 aromatic heterocycles. The van der Waals surface area contributed by atoms with Crippen molar-refractivity contribution in [2.45, 2.75) is 51.5 Å². The lowest BCUT2D eigenvalue weighted by molar-refractivity contribution is -0.124. The summed E-state index contributed by atoms with van der Waals surface area (Å²) >= 11 is 0. The van der Waals surface area contributed by atoms with Gasteiger partial charge in [0, 0.05) is 6.04 Å². The molecule has 0 spiro atoms. The number of aryl methyl sites for hydroxylation is 2. The van der Waals surface area contributed by atoms with Gasteiger partial charge in [-0.1, -0.05) is 6.07 Å². The van der Waals surface area contributed by atoms with Crippen LogP contribution in [0.25, 0.3) is 0 Å². The predicted octanol–water partition coefficient (Wildman–Crippen LogP) is 2.64. The predicted molar refractivity (Wildman–Crippen MR) is 83.7 cm³/mol. The molecule has 0 saturated heterocycles. The van der Waals surface area contributed by atoms with Crippen molar-refractivity contribution in [3.05, 3.63) is 34.9 Å². The highest BCUT2D eigenvalue weighted by Crippen LogP contribution is 2.32. The molecule has 1 aromatic rings. The van der Waals surface area contributed by atoms with E-state index in [1.54, 1.807) is 6.07 Å². The summed E-state index contributed by atoms with van der Waals surface area (Å²) in [4.78, 5) is 23.8. The lowest BCUT2D eigenvalue weighted by Gasteiger charge is -2.16. The lowest BCUT2D eigenvalue weighted by Crippen LogP contribution is -2.37. The standard InChI is InChI=1S/C18H23NO3/c1-12(13-6-7-13)19-17(20)11-22-18(21)16-9-8-14-4-2-3-5-15(14)10-16/h8-10,12-13H,2-7,11H2,1H3,(H,19,20)/t12-/m0/s1. The van der Waals surface area contributed by atoms with Gasteiger partial charge in [0.25, 0.3) is 5.91 Å². The van der Waals surface area contributed by atoms with Crippen molar-refractivity contribution in [2.75, 3.05) is 6.61 Å². The second-order valence-electron chi connectivity index (χ2n) is 6.46. The number of amides is 1. The molecule has 118 valence electrons. The maximum Gasteiger partial charge on any atom is 0.338 e. The maximum absolute atomic E-state index is 12.1. The van der Waals surface area contributed by atoms with Gasteiger partial charge < -0.3 is 10.1 Å². The van der Waals surface area contributed by atoms with E-state index in [1.807, 2.05) is 19.1 Å². The fourth-order valence-electron chi connectivity index (χ4n) is 3.08. The summed E-state index contributed by atoms with van der Waals surface area (Å²) in [5.41, 5.74) is 3.12. The number of carbonyl (C=O) groups is 2. The molecule has 0 bridgehead atoms. The molecule has 4 heteroatoms. The van der Waals surface area contributed by atoms with Gasteiger partial charge in [0.15, 0.2) is 6.61 Å². The molecule has 0 unspecified atom stereocenters. The largest absolute Gasteiger partial charge is 0.452 e.